The van der Waals surface area contributed by atoms with Gasteiger partial charge in [-0.3, -0.25) is 4.79 Å². The van der Waals surface area contributed by atoms with Gasteiger partial charge in [0.25, 0.3) is 0 Å². The predicted molar refractivity (Wildman–Crippen MR) is 131 cm³/mol. The lowest BCUT2D eigenvalue weighted by Crippen LogP contribution is -2.45. The standard InChI is InChI=1S/C24H25ClFN5O2S/c1-15-11-16(3-6-20(15)26)14-33-23-21(34-17-4-5-18(22(27)32)19(25)12-17)13-28-24(29-23)31-9-7-30(2)8-10-31/h3-6,11-13H,7-10,14H2,1-2H3,(H2,27,32). The zero-order chi connectivity index (χ0) is 24.2. The predicted octanol–water partition coefficient (Wildman–Crippen LogP) is 4.16. The van der Waals surface area contributed by atoms with Crippen LogP contribution in [0.3, 0.4) is 0 Å². The number of hydrogen-bond donors (Lipinski definition) is 1. The van der Waals surface area contributed by atoms with E-state index in [2.05, 4.69) is 21.8 Å². The summed E-state index contributed by atoms with van der Waals surface area (Å²) in [6.45, 7) is 5.45. The monoisotopic (exact) mass is 501 g/mol. The summed E-state index contributed by atoms with van der Waals surface area (Å²) in [7, 11) is 2.09. The molecule has 7 nitrogen and oxygen atoms in total. The van der Waals surface area contributed by atoms with Crippen LogP contribution in [0.4, 0.5) is 10.3 Å². The van der Waals surface area contributed by atoms with Gasteiger partial charge in [-0.05, 0) is 55.4 Å². The lowest BCUT2D eigenvalue weighted by molar-refractivity contribution is 0.100. The molecule has 3 aromatic rings. The van der Waals surface area contributed by atoms with Gasteiger partial charge in [-0.1, -0.05) is 29.4 Å². The van der Waals surface area contributed by atoms with Crippen LogP contribution in [0.2, 0.25) is 5.02 Å². The largest absolute Gasteiger partial charge is 0.472 e. The third-order valence-electron chi connectivity index (χ3n) is 5.53. The van der Waals surface area contributed by atoms with E-state index in [-0.39, 0.29) is 23.0 Å². The van der Waals surface area contributed by atoms with E-state index in [1.54, 1.807) is 43.5 Å². The van der Waals surface area contributed by atoms with Crippen molar-refractivity contribution < 1.29 is 13.9 Å². The normalized spacial score (nSPS) is 14.3. The van der Waals surface area contributed by atoms with E-state index in [0.29, 0.717) is 22.3 Å². The Kier molecular flexibility index (Phi) is 7.55. The van der Waals surface area contributed by atoms with Gasteiger partial charge >= 0.3 is 0 Å². The van der Waals surface area contributed by atoms with Crippen LogP contribution in [0.25, 0.3) is 0 Å². The maximum atomic E-state index is 13.7. The summed E-state index contributed by atoms with van der Waals surface area (Å²) in [4.78, 5) is 26.6. The van der Waals surface area contributed by atoms with Crippen molar-refractivity contribution >= 4 is 35.2 Å². The molecule has 2 aromatic carbocycles. The maximum absolute atomic E-state index is 13.7. The molecule has 0 atom stereocenters. The number of halogens is 2. The highest BCUT2D eigenvalue weighted by molar-refractivity contribution is 7.99. The lowest BCUT2D eigenvalue weighted by atomic mass is 10.1. The van der Waals surface area contributed by atoms with Gasteiger partial charge in [-0.2, -0.15) is 4.98 Å². The van der Waals surface area contributed by atoms with Crippen LogP contribution in [0.15, 0.2) is 52.4 Å². The van der Waals surface area contributed by atoms with E-state index in [0.717, 1.165) is 36.6 Å². The van der Waals surface area contributed by atoms with Crippen molar-refractivity contribution in [3.63, 3.8) is 0 Å². The molecule has 0 aliphatic carbocycles. The molecular weight excluding hydrogens is 477 g/mol. The molecule has 1 aliphatic rings. The van der Waals surface area contributed by atoms with Gasteiger partial charge in [0.05, 0.1) is 21.7 Å². The lowest BCUT2D eigenvalue weighted by Gasteiger charge is -2.32. The van der Waals surface area contributed by atoms with Gasteiger partial charge in [0.2, 0.25) is 17.7 Å². The average Bonchev–Trinajstić information content (AvgIpc) is 2.81. The first-order valence-corrected chi connectivity index (χ1v) is 11.9. The Hall–Kier alpha value is -2.88. The fraction of sp³-hybridized carbons (Fsp3) is 0.292. The molecule has 1 amide bonds. The quantitative estimate of drug-likeness (QED) is 0.520. The molecule has 1 saturated heterocycles. The number of rotatable bonds is 7. The summed E-state index contributed by atoms with van der Waals surface area (Å²) in [6, 6.07) is 9.91. The number of benzene rings is 2. The Morgan fingerprint density at radius 3 is 2.65 bits per heavy atom. The fourth-order valence-electron chi connectivity index (χ4n) is 3.51. The second kappa shape index (κ2) is 10.6. The minimum Gasteiger partial charge on any atom is -0.472 e. The molecule has 1 aliphatic heterocycles. The van der Waals surface area contributed by atoms with Crippen LogP contribution in [0.1, 0.15) is 21.5 Å². The first kappa shape index (κ1) is 24.3. The number of nitrogens with two attached hydrogens (primary N) is 1. The van der Waals surface area contributed by atoms with E-state index >= 15 is 0 Å². The Morgan fingerprint density at radius 1 is 1.21 bits per heavy atom. The van der Waals surface area contributed by atoms with Crippen LogP contribution in [0, 0.1) is 12.7 Å². The van der Waals surface area contributed by atoms with Gasteiger partial charge in [0.1, 0.15) is 12.4 Å². The summed E-state index contributed by atoms with van der Waals surface area (Å²) in [5.41, 5.74) is 7.00. The molecule has 0 spiro atoms. The van der Waals surface area contributed by atoms with E-state index < -0.39 is 5.91 Å². The maximum Gasteiger partial charge on any atom is 0.250 e. The number of aryl methyl sites for hydroxylation is 1. The summed E-state index contributed by atoms with van der Waals surface area (Å²) in [5, 5.41) is 0.275. The number of hydrogen-bond acceptors (Lipinski definition) is 7. The van der Waals surface area contributed by atoms with Crippen molar-refractivity contribution in [3.05, 3.63) is 70.1 Å². The molecule has 0 unspecified atom stereocenters. The van der Waals surface area contributed by atoms with Crippen LogP contribution in [0.5, 0.6) is 5.88 Å². The zero-order valence-corrected chi connectivity index (χ0v) is 20.5. The number of aromatic nitrogens is 2. The van der Waals surface area contributed by atoms with E-state index in [4.69, 9.17) is 27.1 Å². The smallest absolute Gasteiger partial charge is 0.250 e. The van der Waals surface area contributed by atoms with Crippen molar-refractivity contribution in [3.8, 4) is 5.88 Å². The molecule has 2 heterocycles. The average molecular weight is 502 g/mol. The van der Waals surface area contributed by atoms with E-state index in [9.17, 15) is 9.18 Å². The molecule has 0 bridgehead atoms. The second-order valence-corrected chi connectivity index (χ2v) is 9.63. The van der Waals surface area contributed by atoms with Crippen molar-refractivity contribution in [1.29, 1.82) is 0 Å². The van der Waals surface area contributed by atoms with Crippen LogP contribution >= 0.6 is 23.4 Å². The Labute approximate surface area is 207 Å². The van der Waals surface area contributed by atoms with Gasteiger partial charge in [-0.15, -0.1) is 0 Å². The van der Waals surface area contributed by atoms with Crippen LogP contribution in [-0.2, 0) is 6.61 Å². The van der Waals surface area contributed by atoms with E-state index in [1.165, 1.54) is 17.8 Å². The topological polar surface area (TPSA) is 84.6 Å². The molecule has 34 heavy (non-hydrogen) atoms. The highest BCUT2D eigenvalue weighted by Crippen LogP contribution is 2.36. The van der Waals surface area contributed by atoms with Crippen molar-refractivity contribution in [2.24, 2.45) is 5.73 Å². The molecular formula is C24H25ClFN5O2S. The van der Waals surface area contributed by atoms with Gasteiger partial charge < -0.3 is 20.3 Å². The number of piperazine rings is 1. The van der Waals surface area contributed by atoms with E-state index in [1.807, 2.05) is 0 Å². The number of primary amides is 1. The Balaban J connectivity index is 1.60. The molecule has 10 heteroatoms. The third-order valence-corrected chi connectivity index (χ3v) is 6.83. The number of amides is 1. The SMILES string of the molecule is Cc1cc(COc2nc(N3CCN(C)CC3)ncc2Sc2ccc(C(N)=O)c(Cl)c2)ccc1F. The van der Waals surface area contributed by atoms with Gasteiger partial charge in [-0.25, -0.2) is 9.37 Å². The number of anilines is 1. The highest BCUT2D eigenvalue weighted by atomic mass is 35.5. The zero-order valence-electron chi connectivity index (χ0n) is 18.9. The van der Waals surface area contributed by atoms with Crippen molar-refractivity contribution in [2.45, 2.75) is 23.3 Å². The summed E-state index contributed by atoms with van der Waals surface area (Å²) in [5.74, 6) is 0.187. The summed E-state index contributed by atoms with van der Waals surface area (Å²) in [6.07, 6.45) is 1.73. The molecule has 1 fully saturated rings. The van der Waals surface area contributed by atoms with Crippen LogP contribution < -0.4 is 15.4 Å². The Morgan fingerprint density at radius 2 is 1.97 bits per heavy atom. The van der Waals surface area contributed by atoms with Gasteiger partial charge in [0.15, 0.2) is 0 Å². The summed E-state index contributed by atoms with van der Waals surface area (Å²) < 4.78 is 19.7. The minimum absolute atomic E-state index is 0.231. The molecule has 2 N–H and O–H groups in total. The molecule has 4 rings (SSSR count). The number of carbonyl (C=O) groups is 1. The number of carbonyl (C=O) groups excluding carboxylic acids is 1. The first-order valence-electron chi connectivity index (χ1n) is 10.8. The number of nitrogens with zero attached hydrogens (tertiary/aromatic N) is 4. The van der Waals surface area contributed by atoms with Crippen molar-refractivity contribution in [1.82, 2.24) is 14.9 Å². The fourth-order valence-corrected chi connectivity index (χ4v) is 4.72. The number of ether oxygens (including phenoxy) is 1. The van der Waals surface area contributed by atoms with Gasteiger partial charge in [0, 0.05) is 31.1 Å². The minimum atomic E-state index is -0.583. The first-order chi connectivity index (χ1) is 16.3. The summed E-state index contributed by atoms with van der Waals surface area (Å²) >= 11 is 7.59. The molecule has 178 valence electrons. The highest BCUT2D eigenvalue weighted by Gasteiger charge is 2.20. The number of likely N-dealkylation sites (N-methyl/N-ethyl adjacent to an activating group) is 1. The Bertz CT molecular complexity index is 1200. The molecule has 0 saturated carbocycles. The third kappa shape index (κ3) is 5.78. The molecule has 1 aromatic heterocycles. The molecule has 0 radical (unpaired) electrons. The van der Waals surface area contributed by atoms with Crippen LogP contribution in [-0.4, -0.2) is 54.0 Å². The van der Waals surface area contributed by atoms with Crippen molar-refractivity contribution in [2.75, 3.05) is 38.1 Å². The second-order valence-electron chi connectivity index (χ2n) is 8.11.